The number of benzene rings is 1. The van der Waals surface area contributed by atoms with Gasteiger partial charge in [0.2, 0.25) is 0 Å². The number of nitrogens with zero attached hydrogens (tertiary/aromatic N) is 2. The summed E-state index contributed by atoms with van der Waals surface area (Å²) < 4.78 is 0. The number of hydrogen-bond acceptors (Lipinski definition) is 5. The molecule has 0 radical (unpaired) electrons. The fraction of sp³-hybridized carbons (Fsp3) is 0.278. The van der Waals surface area contributed by atoms with Gasteiger partial charge >= 0.3 is 0 Å². The van der Waals surface area contributed by atoms with E-state index in [4.69, 9.17) is 0 Å². The summed E-state index contributed by atoms with van der Waals surface area (Å²) in [6.07, 6.45) is 4.09. The lowest BCUT2D eigenvalue weighted by molar-refractivity contribution is -0.124. The van der Waals surface area contributed by atoms with Crippen molar-refractivity contribution in [2.45, 2.75) is 26.8 Å². The zero-order valence-electron chi connectivity index (χ0n) is 14.8. The molecule has 136 valence electrons. The summed E-state index contributed by atoms with van der Waals surface area (Å²) in [7, 11) is 0. The number of carbonyl (C=O) groups is 3. The Morgan fingerprint density at radius 3 is 2.35 bits per heavy atom. The van der Waals surface area contributed by atoms with Crippen molar-refractivity contribution in [2.24, 2.45) is 5.92 Å². The van der Waals surface area contributed by atoms with Crippen LogP contribution in [0.1, 0.15) is 40.3 Å². The second kappa shape index (κ2) is 8.70. The van der Waals surface area contributed by atoms with Gasteiger partial charge in [-0.25, -0.2) is 4.98 Å². The van der Waals surface area contributed by atoms with Crippen LogP contribution in [0.5, 0.6) is 0 Å². The molecule has 2 rings (SSSR count). The van der Waals surface area contributed by atoms with Crippen molar-refractivity contribution in [3.05, 3.63) is 59.7 Å². The highest BCUT2D eigenvalue weighted by Crippen LogP contribution is 2.09. The maximum absolute atomic E-state index is 12.4. The van der Waals surface area contributed by atoms with Gasteiger partial charge in [-0.05, 0) is 24.5 Å². The van der Waals surface area contributed by atoms with Crippen LogP contribution in [0, 0.1) is 12.8 Å². The minimum atomic E-state index is -0.815. The quantitative estimate of drug-likeness (QED) is 0.693. The second-order valence-electron chi connectivity index (χ2n) is 6.04. The van der Waals surface area contributed by atoms with Crippen molar-refractivity contribution >= 4 is 17.7 Å². The van der Waals surface area contributed by atoms with Gasteiger partial charge in [0, 0.05) is 18.0 Å². The molecule has 0 saturated carbocycles. The Morgan fingerprint density at radius 2 is 1.73 bits per heavy atom. The minimum Gasteiger partial charge on any atom is -0.340 e. The molecule has 0 saturated heterocycles. The molecule has 1 aromatic heterocycles. The largest absolute Gasteiger partial charge is 0.340 e. The van der Waals surface area contributed by atoms with E-state index < -0.39 is 17.9 Å². The molecule has 2 aromatic rings. The van der Waals surface area contributed by atoms with Gasteiger partial charge < -0.3 is 5.32 Å². The van der Waals surface area contributed by atoms with E-state index >= 15 is 0 Å². The number of carbonyl (C=O) groups excluding carboxylic acids is 3. The molecule has 1 atom stereocenters. The minimum absolute atomic E-state index is 0.0674. The summed E-state index contributed by atoms with van der Waals surface area (Å²) in [6.45, 7) is 5.42. The van der Waals surface area contributed by atoms with Crippen molar-refractivity contribution in [2.75, 3.05) is 0 Å². The predicted molar refractivity (Wildman–Crippen MR) is 94.9 cm³/mol. The van der Waals surface area contributed by atoms with Gasteiger partial charge in [-0.15, -0.1) is 0 Å². The van der Waals surface area contributed by atoms with Gasteiger partial charge in [0.25, 0.3) is 17.7 Å². The van der Waals surface area contributed by atoms with E-state index in [0.29, 0.717) is 5.56 Å². The normalized spacial score (nSPS) is 11.5. The molecular weight excluding hydrogens is 334 g/mol. The molecule has 1 heterocycles. The van der Waals surface area contributed by atoms with Crippen LogP contribution in [-0.4, -0.2) is 33.7 Å². The molecule has 0 aliphatic rings. The number of hydrazine groups is 1. The van der Waals surface area contributed by atoms with Gasteiger partial charge in [-0.3, -0.25) is 30.2 Å². The average Bonchev–Trinajstić information content (AvgIpc) is 2.64. The van der Waals surface area contributed by atoms with E-state index in [-0.39, 0.29) is 17.5 Å². The number of nitrogens with one attached hydrogen (secondary N) is 3. The maximum Gasteiger partial charge on any atom is 0.289 e. The Bertz CT molecular complexity index is 792. The molecule has 8 nitrogen and oxygen atoms in total. The molecule has 0 fully saturated rings. The van der Waals surface area contributed by atoms with Crippen molar-refractivity contribution in [1.29, 1.82) is 0 Å². The molecule has 26 heavy (non-hydrogen) atoms. The van der Waals surface area contributed by atoms with Crippen LogP contribution in [0.25, 0.3) is 0 Å². The van der Waals surface area contributed by atoms with Crippen molar-refractivity contribution in [3.63, 3.8) is 0 Å². The Hall–Kier alpha value is -3.29. The number of rotatable bonds is 5. The first-order valence-electron chi connectivity index (χ1n) is 8.13. The first kappa shape index (κ1) is 19.0. The highest BCUT2D eigenvalue weighted by molar-refractivity contribution is 5.99. The molecule has 0 bridgehead atoms. The van der Waals surface area contributed by atoms with Gasteiger partial charge in [-0.1, -0.05) is 32.0 Å². The standard InChI is InChI=1S/C18H21N5O3/c1-11(2)15(21-16(24)13-7-5-4-6-12(13)3)18(26)23-22-17(25)14-10-19-8-9-20-14/h4-11,15H,1-3H3,(H,21,24)(H,22,25)(H,23,26). The highest BCUT2D eigenvalue weighted by Gasteiger charge is 2.25. The first-order valence-corrected chi connectivity index (χ1v) is 8.13. The highest BCUT2D eigenvalue weighted by atomic mass is 16.2. The smallest absolute Gasteiger partial charge is 0.289 e. The Kier molecular flexibility index (Phi) is 6.37. The maximum atomic E-state index is 12.4. The van der Waals surface area contributed by atoms with Crippen molar-refractivity contribution in [1.82, 2.24) is 26.1 Å². The van der Waals surface area contributed by atoms with E-state index in [9.17, 15) is 14.4 Å². The SMILES string of the molecule is Cc1ccccc1C(=O)NC(C(=O)NNC(=O)c1cnccn1)C(C)C. The van der Waals surface area contributed by atoms with E-state index in [1.807, 2.05) is 19.1 Å². The van der Waals surface area contributed by atoms with Gasteiger partial charge in [-0.2, -0.15) is 0 Å². The number of aryl methyl sites for hydroxylation is 1. The summed E-state index contributed by atoms with van der Waals surface area (Å²) >= 11 is 0. The molecular formula is C18H21N5O3. The van der Waals surface area contributed by atoms with Gasteiger partial charge in [0.05, 0.1) is 6.20 Å². The van der Waals surface area contributed by atoms with Gasteiger partial charge in [0.15, 0.2) is 0 Å². The third-order valence-corrected chi connectivity index (χ3v) is 3.72. The van der Waals surface area contributed by atoms with Crippen LogP contribution in [0.3, 0.4) is 0 Å². The lowest BCUT2D eigenvalue weighted by Gasteiger charge is -2.22. The van der Waals surface area contributed by atoms with Crippen LogP contribution in [0.15, 0.2) is 42.9 Å². The van der Waals surface area contributed by atoms with Crippen LogP contribution in [-0.2, 0) is 4.79 Å². The Labute approximate surface area is 151 Å². The fourth-order valence-electron chi connectivity index (χ4n) is 2.26. The van der Waals surface area contributed by atoms with Crippen LogP contribution in [0.2, 0.25) is 0 Å². The monoisotopic (exact) mass is 355 g/mol. The number of hydrogen-bond donors (Lipinski definition) is 3. The fourth-order valence-corrected chi connectivity index (χ4v) is 2.26. The van der Waals surface area contributed by atoms with E-state index in [0.717, 1.165) is 5.56 Å². The third-order valence-electron chi connectivity index (χ3n) is 3.72. The van der Waals surface area contributed by atoms with E-state index in [1.54, 1.807) is 26.0 Å². The van der Waals surface area contributed by atoms with Gasteiger partial charge in [0.1, 0.15) is 11.7 Å². The lowest BCUT2D eigenvalue weighted by Crippen LogP contribution is -2.54. The third kappa shape index (κ3) is 4.85. The van der Waals surface area contributed by atoms with Crippen molar-refractivity contribution < 1.29 is 14.4 Å². The molecule has 0 aliphatic carbocycles. The van der Waals surface area contributed by atoms with Crippen LogP contribution >= 0.6 is 0 Å². The zero-order valence-corrected chi connectivity index (χ0v) is 14.8. The summed E-state index contributed by atoms with van der Waals surface area (Å²) in [5.41, 5.74) is 5.95. The van der Waals surface area contributed by atoms with E-state index in [2.05, 4.69) is 26.1 Å². The first-order chi connectivity index (χ1) is 12.4. The summed E-state index contributed by atoms with van der Waals surface area (Å²) in [5.74, 6) is -1.66. The number of aromatic nitrogens is 2. The molecule has 1 aromatic carbocycles. The molecule has 0 spiro atoms. The Balaban J connectivity index is 2.00. The molecule has 0 aliphatic heterocycles. The van der Waals surface area contributed by atoms with Crippen molar-refractivity contribution in [3.8, 4) is 0 Å². The Morgan fingerprint density at radius 1 is 1.00 bits per heavy atom. The molecule has 3 amide bonds. The topological polar surface area (TPSA) is 113 Å². The molecule has 8 heteroatoms. The number of amides is 3. The summed E-state index contributed by atoms with van der Waals surface area (Å²) in [5, 5.41) is 2.71. The summed E-state index contributed by atoms with van der Waals surface area (Å²) in [4.78, 5) is 44.4. The molecule has 1 unspecified atom stereocenters. The predicted octanol–water partition coefficient (Wildman–Crippen LogP) is 1.00. The van der Waals surface area contributed by atoms with E-state index in [1.165, 1.54) is 18.6 Å². The summed E-state index contributed by atoms with van der Waals surface area (Å²) in [6, 6.07) is 6.29. The van der Waals surface area contributed by atoms with Crippen LogP contribution in [0.4, 0.5) is 0 Å². The lowest BCUT2D eigenvalue weighted by atomic mass is 10.0. The second-order valence-corrected chi connectivity index (χ2v) is 6.04. The molecule has 3 N–H and O–H groups in total. The zero-order chi connectivity index (χ0) is 19.1. The average molecular weight is 355 g/mol. The van der Waals surface area contributed by atoms with Crippen LogP contribution < -0.4 is 16.2 Å².